The first-order valence-electron chi connectivity index (χ1n) is 8.72. The fourth-order valence-corrected chi connectivity index (χ4v) is 3.33. The number of hydrogen-bond acceptors (Lipinski definition) is 4. The molecule has 0 fully saturated rings. The van der Waals surface area contributed by atoms with Crippen LogP contribution >= 0.6 is 12.2 Å². The summed E-state index contributed by atoms with van der Waals surface area (Å²) in [6.45, 7) is 7.09. The maximum Gasteiger partial charge on any atom is 0.416 e. The van der Waals surface area contributed by atoms with E-state index in [2.05, 4.69) is 4.40 Å². The number of nitrogens with zero attached hydrogens (tertiary/aromatic N) is 1. The van der Waals surface area contributed by atoms with Crippen LogP contribution in [0.5, 0.6) is 0 Å². The number of hydrogen-bond donors (Lipinski definition) is 0. The lowest BCUT2D eigenvalue weighted by Gasteiger charge is -2.19. The van der Waals surface area contributed by atoms with Crippen molar-refractivity contribution in [3.63, 3.8) is 0 Å². The van der Waals surface area contributed by atoms with Crippen LogP contribution in [0.15, 0.2) is 40.8 Å². The lowest BCUT2D eigenvalue weighted by molar-refractivity contribution is -0.137. The first kappa shape index (κ1) is 23.4. The predicted octanol–water partition coefficient (Wildman–Crippen LogP) is 5.88. The summed E-state index contributed by atoms with van der Waals surface area (Å²) in [6, 6.07) is 8.61. The van der Waals surface area contributed by atoms with E-state index < -0.39 is 27.8 Å². The smallest absolute Gasteiger partial charge is 0.416 e. The summed E-state index contributed by atoms with van der Waals surface area (Å²) in [5, 5.41) is 0.169. The molecule has 0 aromatic heterocycles. The van der Waals surface area contributed by atoms with E-state index in [0.29, 0.717) is 22.3 Å². The molecule has 29 heavy (non-hydrogen) atoms. The first-order chi connectivity index (χ1) is 13.4. The molecule has 8 heteroatoms. The van der Waals surface area contributed by atoms with Crippen LogP contribution in [0.25, 0.3) is 11.1 Å². The third-order valence-electron chi connectivity index (χ3n) is 4.14. The Labute approximate surface area is 177 Å². The average Bonchev–Trinajstić information content (AvgIpc) is 2.63. The summed E-state index contributed by atoms with van der Waals surface area (Å²) >= 11 is 3.70. The highest BCUT2D eigenvalue weighted by atomic mass is 32.2. The molecular weight excluding hydrogens is 419 g/mol. The average molecular weight is 442 g/mol. The Bertz CT molecular complexity index is 934. The Morgan fingerprint density at radius 2 is 1.83 bits per heavy atom. The Balaban J connectivity index is 2.75. The Morgan fingerprint density at radius 1 is 1.17 bits per heavy atom. The summed E-state index contributed by atoms with van der Waals surface area (Å²) in [4.78, 5) is 0. The van der Waals surface area contributed by atoms with Crippen LogP contribution in [0.2, 0.25) is 0 Å². The van der Waals surface area contributed by atoms with Crippen LogP contribution in [0.1, 0.15) is 43.0 Å². The third kappa shape index (κ3) is 5.58. The molecule has 0 saturated carbocycles. The first-order valence-corrected chi connectivity index (χ1v) is 10.2. The van der Waals surface area contributed by atoms with Crippen molar-refractivity contribution in [1.29, 1.82) is 0 Å². The molecule has 2 aromatic carbocycles. The normalized spacial score (nSPS) is 13.6. The quantitative estimate of drug-likeness (QED) is 0.338. The van der Waals surface area contributed by atoms with E-state index in [1.54, 1.807) is 45.9 Å². The zero-order valence-corrected chi connectivity index (χ0v) is 18.4. The van der Waals surface area contributed by atoms with Gasteiger partial charge in [0.1, 0.15) is 16.1 Å². The molecule has 0 spiro atoms. The number of rotatable bonds is 4. The van der Waals surface area contributed by atoms with Crippen molar-refractivity contribution >= 4 is 34.8 Å². The van der Waals surface area contributed by atoms with Gasteiger partial charge in [0.25, 0.3) is 0 Å². The van der Waals surface area contributed by atoms with Gasteiger partial charge in [0.05, 0.1) is 18.9 Å². The lowest BCUT2D eigenvalue weighted by Crippen LogP contribution is -2.25. The number of aryl methyl sites for hydroxylation is 1. The van der Waals surface area contributed by atoms with E-state index in [1.165, 1.54) is 19.4 Å². The number of benzene rings is 2. The molecule has 0 aliphatic rings. The van der Waals surface area contributed by atoms with Crippen molar-refractivity contribution in [3.05, 3.63) is 58.7 Å². The van der Waals surface area contributed by atoms with Crippen LogP contribution < -0.4 is 0 Å². The molecule has 0 bridgehead atoms. The van der Waals surface area contributed by atoms with Crippen molar-refractivity contribution in [1.82, 2.24) is 0 Å². The molecule has 1 unspecified atom stereocenters. The van der Waals surface area contributed by atoms with Crippen molar-refractivity contribution in [3.8, 4) is 11.1 Å². The molecule has 0 heterocycles. The maximum atomic E-state index is 13.4. The molecule has 0 radical (unpaired) electrons. The fourth-order valence-electron chi connectivity index (χ4n) is 2.63. The van der Waals surface area contributed by atoms with Crippen LogP contribution in [-0.2, 0) is 22.3 Å². The summed E-state index contributed by atoms with van der Waals surface area (Å²) in [5.41, 5.74) is 1.67. The zero-order chi connectivity index (χ0) is 22.0. The largest absolute Gasteiger partial charge is 0.591 e. The van der Waals surface area contributed by atoms with Gasteiger partial charge in [0, 0.05) is 11.1 Å². The van der Waals surface area contributed by atoms with E-state index in [1.807, 2.05) is 0 Å². The highest BCUT2D eigenvalue weighted by molar-refractivity contribution is 7.91. The number of ether oxygens (including phenoxy) is 1. The number of alkyl halides is 3. The Hall–Kier alpha value is -1.90. The summed E-state index contributed by atoms with van der Waals surface area (Å²) < 4.78 is 61.1. The second kappa shape index (κ2) is 8.85. The van der Waals surface area contributed by atoms with Crippen molar-refractivity contribution in [2.45, 2.75) is 38.6 Å². The van der Waals surface area contributed by atoms with Gasteiger partial charge in [-0.1, -0.05) is 22.6 Å². The lowest BCUT2D eigenvalue weighted by atomic mass is 9.90. The highest BCUT2D eigenvalue weighted by Crippen LogP contribution is 2.36. The van der Waals surface area contributed by atoms with Gasteiger partial charge in [-0.2, -0.15) is 13.2 Å². The molecule has 0 N–H and O–H groups in total. The van der Waals surface area contributed by atoms with E-state index >= 15 is 0 Å². The van der Waals surface area contributed by atoms with Crippen LogP contribution in [-0.4, -0.2) is 27.7 Å². The highest BCUT2D eigenvalue weighted by Gasteiger charge is 2.32. The Morgan fingerprint density at radius 3 is 2.38 bits per heavy atom. The second-order valence-corrected chi connectivity index (χ2v) is 9.69. The van der Waals surface area contributed by atoms with Gasteiger partial charge in [-0.05, 0) is 74.8 Å². The SMILES string of the molecule is COC(=S)c1cccc(C)c1-c1cc(C(F)(F)F)ccc1C=N[S+]([O-])C(C)(C)C. The Kier molecular flexibility index (Phi) is 7.14. The number of halogens is 3. The third-order valence-corrected chi connectivity index (χ3v) is 5.87. The summed E-state index contributed by atoms with van der Waals surface area (Å²) in [5.74, 6) is 0. The molecule has 0 saturated heterocycles. The van der Waals surface area contributed by atoms with Crippen molar-refractivity contribution in [2.24, 2.45) is 4.40 Å². The molecular formula is C21H22F3NO2S2. The molecule has 2 aromatic rings. The maximum absolute atomic E-state index is 13.4. The van der Waals surface area contributed by atoms with Gasteiger partial charge in [0.15, 0.2) is 5.05 Å². The second-order valence-electron chi connectivity index (χ2n) is 7.38. The van der Waals surface area contributed by atoms with E-state index in [0.717, 1.165) is 17.7 Å². The van der Waals surface area contributed by atoms with Gasteiger partial charge >= 0.3 is 6.18 Å². The minimum atomic E-state index is -4.51. The standard InChI is InChI=1S/C21H22F3NO2S2/c1-13-7-6-8-16(19(28)27-5)18(13)17-11-15(21(22,23)24)10-9-14(17)12-25-29(26)20(2,3)4/h6-12H,1-5H3. The van der Waals surface area contributed by atoms with Gasteiger partial charge in [-0.15, -0.1) is 0 Å². The van der Waals surface area contributed by atoms with E-state index in [9.17, 15) is 17.7 Å². The molecule has 1 atom stereocenters. The fraction of sp³-hybridized carbons (Fsp3) is 0.333. The van der Waals surface area contributed by atoms with E-state index in [-0.39, 0.29) is 5.05 Å². The minimum Gasteiger partial charge on any atom is -0.591 e. The molecule has 3 nitrogen and oxygen atoms in total. The van der Waals surface area contributed by atoms with Gasteiger partial charge in [0.2, 0.25) is 0 Å². The molecule has 0 aliphatic heterocycles. The summed E-state index contributed by atoms with van der Waals surface area (Å²) in [7, 11) is 1.41. The molecule has 0 aliphatic carbocycles. The molecule has 2 rings (SSSR count). The van der Waals surface area contributed by atoms with Crippen molar-refractivity contribution < 1.29 is 22.5 Å². The van der Waals surface area contributed by atoms with Crippen LogP contribution in [0.4, 0.5) is 13.2 Å². The number of methoxy groups -OCH3 is 1. The van der Waals surface area contributed by atoms with Gasteiger partial charge in [-0.3, -0.25) is 0 Å². The minimum absolute atomic E-state index is 0.169. The molecule has 156 valence electrons. The predicted molar refractivity (Wildman–Crippen MR) is 116 cm³/mol. The monoisotopic (exact) mass is 441 g/mol. The van der Waals surface area contributed by atoms with E-state index in [4.69, 9.17) is 17.0 Å². The van der Waals surface area contributed by atoms with Crippen molar-refractivity contribution in [2.75, 3.05) is 7.11 Å². The number of thiocarbonyl (C=S) groups is 1. The van der Waals surface area contributed by atoms with Crippen LogP contribution in [0.3, 0.4) is 0 Å². The zero-order valence-electron chi connectivity index (χ0n) is 16.8. The van der Waals surface area contributed by atoms with Crippen LogP contribution in [0, 0.1) is 6.92 Å². The summed E-state index contributed by atoms with van der Waals surface area (Å²) in [6.07, 6.45) is -3.16. The molecule has 0 amide bonds. The van der Waals surface area contributed by atoms with Gasteiger partial charge < -0.3 is 9.29 Å². The van der Waals surface area contributed by atoms with Gasteiger partial charge in [-0.25, -0.2) is 0 Å². The topological polar surface area (TPSA) is 44.6 Å².